The number of rotatable bonds is 5. The molecule has 0 aliphatic carbocycles. The smallest absolute Gasteiger partial charge is 0.338 e. The number of aliphatic hydroxyl groups is 1. The first-order valence-electron chi connectivity index (χ1n) is 11.8. The predicted octanol–water partition coefficient (Wildman–Crippen LogP) is 2.49. The molecule has 1 spiro atoms. The number of sulfone groups is 1. The second-order valence-corrected chi connectivity index (χ2v) is 12.0. The Labute approximate surface area is 200 Å². The lowest BCUT2D eigenvalue weighted by Crippen LogP contribution is -2.43. The van der Waals surface area contributed by atoms with E-state index in [0.717, 1.165) is 67.9 Å². The van der Waals surface area contributed by atoms with E-state index >= 15 is 0 Å². The van der Waals surface area contributed by atoms with Crippen LogP contribution in [0.4, 0.5) is 5.82 Å². The number of ether oxygens (including phenoxy) is 1. The van der Waals surface area contributed by atoms with E-state index in [9.17, 15) is 18.3 Å². The summed E-state index contributed by atoms with van der Waals surface area (Å²) in [6, 6.07) is 7.06. The summed E-state index contributed by atoms with van der Waals surface area (Å²) in [6.45, 7) is 6.51. The van der Waals surface area contributed by atoms with E-state index in [1.165, 1.54) is 12.5 Å². The van der Waals surface area contributed by atoms with E-state index in [1.54, 1.807) is 18.2 Å². The maximum atomic E-state index is 11.8. The molecule has 34 heavy (non-hydrogen) atoms. The van der Waals surface area contributed by atoms with Crippen LogP contribution in [0, 0.1) is 12.3 Å². The molecule has 0 amide bonds. The molecule has 0 radical (unpaired) electrons. The fourth-order valence-electron chi connectivity index (χ4n) is 5.60. The molecule has 2 saturated heterocycles. The maximum absolute atomic E-state index is 11.8. The highest BCUT2D eigenvalue weighted by Gasteiger charge is 2.41. The van der Waals surface area contributed by atoms with Crippen molar-refractivity contribution in [2.24, 2.45) is 5.41 Å². The summed E-state index contributed by atoms with van der Waals surface area (Å²) < 4.78 is 28.5. The molecular weight excluding hydrogens is 454 g/mol. The van der Waals surface area contributed by atoms with Gasteiger partial charge in [0, 0.05) is 37.7 Å². The number of piperidine rings is 1. The van der Waals surface area contributed by atoms with E-state index in [4.69, 9.17) is 4.74 Å². The molecule has 1 N–H and O–H groups in total. The first kappa shape index (κ1) is 23.3. The average molecular weight is 486 g/mol. The first-order chi connectivity index (χ1) is 16.2. The Morgan fingerprint density at radius 1 is 1.15 bits per heavy atom. The number of anilines is 1. The molecule has 0 bridgehead atoms. The van der Waals surface area contributed by atoms with Crippen LogP contribution in [0.3, 0.4) is 0 Å². The van der Waals surface area contributed by atoms with Gasteiger partial charge in [0.05, 0.1) is 16.6 Å². The number of aliphatic hydroxyl groups excluding tert-OH is 1. The summed E-state index contributed by atoms with van der Waals surface area (Å²) >= 11 is 0. The Hall–Kier alpha value is -2.49. The van der Waals surface area contributed by atoms with Crippen molar-refractivity contribution in [3.05, 3.63) is 52.7 Å². The van der Waals surface area contributed by atoms with Gasteiger partial charge in [0.15, 0.2) is 9.84 Å². The number of hydrogen-bond donors (Lipinski definition) is 1. The maximum Gasteiger partial charge on any atom is 0.338 e. The molecule has 2 fully saturated rings. The zero-order chi connectivity index (χ0) is 24.1. The van der Waals surface area contributed by atoms with Gasteiger partial charge in [0.2, 0.25) is 0 Å². The summed E-state index contributed by atoms with van der Waals surface area (Å²) in [4.78, 5) is 21.0. The van der Waals surface area contributed by atoms with E-state index in [0.29, 0.717) is 12.1 Å². The molecule has 1 unspecified atom stereocenters. The number of pyridine rings is 1. The van der Waals surface area contributed by atoms with E-state index in [-0.39, 0.29) is 22.9 Å². The predicted molar refractivity (Wildman–Crippen MR) is 128 cm³/mol. The Morgan fingerprint density at radius 3 is 2.56 bits per heavy atom. The number of aromatic nitrogens is 1. The molecular formula is C25H31N3O5S. The van der Waals surface area contributed by atoms with Crippen LogP contribution >= 0.6 is 0 Å². The van der Waals surface area contributed by atoms with Gasteiger partial charge in [-0.05, 0) is 74.0 Å². The summed E-state index contributed by atoms with van der Waals surface area (Å²) in [6.07, 6.45) is 5.25. The van der Waals surface area contributed by atoms with Crippen LogP contribution < -0.4 is 4.90 Å². The molecule has 2 aromatic rings. The minimum absolute atomic E-state index is 0.236. The highest BCUT2D eigenvalue weighted by molar-refractivity contribution is 7.90. The van der Waals surface area contributed by atoms with Gasteiger partial charge in [0.1, 0.15) is 12.4 Å². The molecule has 0 saturated carbocycles. The fourth-order valence-corrected chi connectivity index (χ4v) is 6.16. The van der Waals surface area contributed by atoms with Crippen molar-refractivity contribution < 1.29 is 23.1 Å². The monoisotopic (exact) mass is 485 g/mol. The van der Waals surface area contributed by atoms with Crippen LogP contribution in [0.15, 0.2) is 35.4 Å². The Kier molecular flexibility index (Phi) is 5.90. The lowest BCUT2D eigenvalue weighted by Gasteiger charge is -2.40. The van der Waals surface area contributed by atoms with Gasteiger partial charge in [0.25, 0.3) is 0 Å². The quantitative estimate of drug-likeness (QED) is 0.645. The number of nitrogens with zero attached hydrogens (tertiary/aromatic N) is 3. The van der Waals surface area contributed by atoms with Gasteiger partial charge in [-0.1, -0.05) is 6.07 Å². The van der Waals surface area contributed by atoms with Crippen LogP contribution in [0.5, 0.6) is 0 Å². The van der Waals surface area contributed by atoms with Crippen LogP contribution in [0.25, 0.3) is 0 Å². The number of carbonyl (C=O) groups excluding carboxylic acids is 1. The summed E-state index contributed by atoms with van der Waals surface area (Å²) in [5, 5.41) is 11.0. The van der Waals surface area contributed by atoms with Crippen molar-refractivity contribution in [2.75, 3.05) is 43.9 Å². The number of fused-ring (bicyclic) bond motifs is 1. The molecule has 4 heterocycles. The molecule has 182 valence electrons. The Morgan fingerprint density at radius 2 is 1.88 bits per heavy atom. The van der Waals surface area contributed by atoms with Crippen LogP contribution in [0.2, 0.25) is 0 Å². The topological polar surface area (TPSA) is 100 Å². The highest BCUT2D eigenvalue weighted by atomic mass is 32.2. The third-order valence-electron chi connectivity index (χ3n) is 7.83. The number of likely N-dealkylation sites (tertiary alicyclic amines) is 1. The second-order valence-electron chi connectivity index (χ2n) is 9.99. The lowest BCUT2D eigenvalue weighted by molar-refractivity contribution is 0.0534. The largest absolute Gasteiger partial charge is 0.457 e. The standard InChI is InChI=1S/C25H31N3O5S/c1-17-19(4-5-20-21(17)15-33-24(20)30)22(29)14-27-10-7-25(8-11-27)9-12-28(16-25)23-6-3-18(13-26-23)34(2,31)32/h3-6,13,22,29H,7-12,14-16H2,1-2H3. The first-order valence-corrected chi connectivity index (χ1v) is 13.7. The summed E-state index contributed by atoms with van der Waals surface area (Å²) in [5.41, 5.74) is 3.56. The van der Waals surface area contributed by atoms with E-state index in [2.05, 4.69) is 14.8 Å². The third kappa shape index (κ3) is 4.32. The molecule has 3 aliphatic rings. The minimum Gasteiger partial charge on any atom is -0.457 e. The number of cyclic esters (lactones) is 1. The number of carbonyl (C=O) groups is 1. The van der Waals surface area contributed by atoms with Crippen molar-refractivity contribution in [3.63, 3.8) is 0 Å². The van der Waals surface area contributed by atoms with Crippen LogP contribution in [-0.4, -0.2) is 68.4 Å². The normalized spacial score (nSPS) is 21.0. The van der Waals surface area contributed by atoms with Crippen molar-refractivity contribution in [1.82, 2.24) is 9.88 Å². The minimum atomic E-state index is -3.24. The molecule has 1 aromatic heterocycles. The average Bonchev–Trinajstić information content (AvgIpc) is 3.40. The molecule has 9 heteroatoms. The molecule has 3 aliphatic heterocycles. The lowest BCUT2D eigenvalue weighted by atomic mass is 9.77. The van der Waals surface area contributed by atoms with Crippen molar-refractivity contribution in [3.8, 4) is 0 Å². The van der Waals surface area contributed by atoms with Crippen molar-refractivity contribution in [2.45, 2.75) is 43.8 Å². The van der Waals surface area contributed by atoms with Crippen molar-refractivity contribution in [1.29, 1.82) is 0 Å². The van der Waals surface area contributed by atoms with Crippen LogP contribution in [-0.2, 0) is 21.2 Å². The van der Waals surface area contributed by atoms with Gasteiger partial charge in [-0.2, -0.15) is 0 Å². The highest BCUT2D eigenvalue weighted by Crippen LogP contribution is 2.42. The zero-order valence-electron chi connectivity index (χ0n) is 19.7. The van der Waals surface area contributed by atoms with Gasteiger partial charge in [-0.3, -0.25) is 0 Å². The summed E-state index contributed by atoms with van der Waals surface area (Å²) in [5.74, 6) is 0.546. The van der Waals surface area contributed by atoms with Gasteiger partial charge in [-0.15, -0.1) is 0 Å². The number of β-amino-alcohol motifs (C(OH)–C–C–N with tert-alkyl or cyclic N) is 1. The van der Waals surface area contributed by atoms with Gasteiger partial charge < -0.3 is 19.6 Å². The molecule has 1 aromatic carbocycles. The summed E-state index contributed by atoms with van der Waals surface area (Å²) in [7, 11) is -3.24. The SMILES string of the molecule is Cc1c(C(O)CN2CCC3(CC2)CCN(c2ccc(S(C)(=O)=O)cn2)C3)ccc2c1COC2=O. The fraction of sp³-hybridized carbons (Fsp3) is 0.520. The third-order valence-corrected chi connectivity index (χ3v) is 8.92. The molecule has 5 rings (SSSR count). The molecule has 8 nitrogen and oxygen atoms in total. The number of hydrogen-bond acceptors (Lipinski definition) is 8. The van der Waals surface area contributed by atoms with Gasteiger partial charge >= 0.3 is 5.97 Å². The molecule has 1 atom stereocenters. The van der Waals surface area contributed by atoms with E-state index in [1.807, 2.05) is 13.0 Å². The van der Waals surface area contributed by atoms with E-state index < -0.39 is 15.9 Å². The zero-order valence-corrected chi connectivity index (χ0v) is 20.5. The Balaban J connectivity index is 1.18. The van der Waals surface area contributed by atoms with Crippen LogP contribution in [0.1, 0.15) is 52.4 Å². The van der Waals surface area contributed by atoms with Crippen molar-refractivity contribution >= 4 is 21.6 Å². The Bertz CT molecular complexity index is 1200. The van der Waals surface area contributed by atoms with Gasteiger partial charge in [-0.25, -0.2) is 18.2 Å². The second kappa shape index (κ2) is 8.62. The number of benzene rings is 1. The number of esters is 1.